The number of benzene rings is 2. The molecule has 0 saturated carbocycles. The third kappa shape index (κ3) is 2.44. The lowest BCUT2D eigenvalue weighted by Crippen LogP contribution is -2.01. The number of hydrogen-bond donors (Lipinski definition) is 0. The summed E-state index contributed by atoms with van der Waals surface area (Å²) in [4.78, 5) is 16.0. The van der Waals surface area contributed by atoms with Crippen LogP contribution in [-0.2, 0) is 4.74 Å². The van der Waals surface area contributed by atoms with Crippen LogP contribution in [0.4, 0.5) is 4.39 Å². The van der Waals surface area contributed by atoms with E-state index in [4.69, 9.17) is 4.74 Å². The monoisotopic (exact) mass is 295 g/mol. The lowest BCUT2D eigenvalue weighted by molar-refractivity contribution is 0.0601. The van der Waals surface area contributed by atoms with Gasteiger partial charge in [-0.3, -0.25) is 4.98 Å². The van der Waals surface area contributed by atoms with Crippen LogP contribution in [0.5, 0.6) is 0 Å². The molecule has 0 aliphatic carbocycles. The topological polar surface area (TPSA) is 39.2 Å². The van der Waals surface area contributed by atoms with Crippen LogP contribution >= 0.6 is 0 Å². The molecule has 0 radical (unpaired) electrons. The van der Waals surface area contributed by atoms with Crippen molar-refractivity contribution in [2.24, 2.45) is 0 Å². The van der Waals surface area contributed by atoms with Crippen LogP contribution in [0, 0.1) is 12.7 Å². The van der Waals surface area contributed by atoms with Crippen LogP contribution in [0.2, 0.25) is 0 Å². The number of esters is 1. The summed E-state index contributed by atoms with van der Waals surface area (Å²) in [6.07, 6.45) is 0. The zero-order valence-electron chi connectivity index (χ0n) is 12.3. The molecule has 0 atom stereocenters. The number of aryl methyl sites for hydroxylation is 1. The smallest absolute Gasteiger partial charge is 0.337 e. The molecule has 110 valence electrons. The Morgan fingerprint density at radius 2 is 1.95 bits per heavy atom. The lowest BCUT2D eigenvalue weighted by atomic mass is 9.99. The van der Waals surface area contributed by atoms with E-state index in [0.717, 1.165) is 16.3 Å². The minimum Gasteiger partial charge on any atom is -0.465 e. The van der Waals surface area contributed by atoms with Gasteiger partial charge in [0.25, 0.3) is 0 Å². The molecule has 0 fully saturated rings. The molecular formula is C18H14FNO2. The quantitative estimate of drug-likeness (QED) is 0.667. The third-order valence-electron chi connectivity index (χ3n) is 3.60. The Labute approximate surface area is 127 Å². The SMILES string of the molecule is COC(=O)c1ccc2cccc(-c3ccc(F)c(C)n3)c2c1. The molecule has 0 unspecified atom stereocenters. The highest BCUT2D eigenvalue weighted by Crippen LogP contribution is 2.29. The van der Waals surface area contributed by atoms with Crippen molar-refractivity contribution in [1.82, 2.24) is 4.98 Å². The van der Waals surface area contributed by atoms with Crippen LogP contribution in [0.15, 0.2) is 48.5 Å². The van der Waals surface area contributed by atoms with Gasteiger partial charge in [0.15, 0.2) is 0 Å². The first-order valence-electron chi connectivity index (χ1n) is 6.85. The van der Waals surface area contributed by atoms with Crippen molar-refractivity contribution >= 4 is 16.7 Å². The molecule has 0 aliphatic heterocycles. The van der Waals surface area contributed by atoms with Crippen LogP contribution in [0.1, 0.15) is 16.1 Å². The average molecular weight is 295 g/mol. The maximum atomic E-state index is 13.4. The number of ether oxygens (including phenoxy) is 1. The molecule has 0 bridgehead atoms. The van der Waals surface area contributed by atoms with E-state index in [2.05, 4.69) is 4.98 Å². The Morgan fingerprint density at radius 1 is 1.14 bits per heavy atom. The second-order valence-electron chi connectivity index (χ2n) is 5.00. The molecular weight excluding hydrogens is 281 g/mol. The number of hydrogen-bond acceptors (Lipinski definition) is 3. The number of halogens is 1. The van der Waals surface area contributed by atoms with Crippen molar-refractivity contribution in [3.8, 4) is 11.3 Å². The molecule has 2 aromatic carbocycles. The van der Waals surface area contributed by atoms with Gasteiger partial charge in [0.05, 0.1) is 24.1 Å². The Balaban J connectivity index is 2.24. The summed E-state index contributed by atoms with van der Waals surface area (Å²) in [5.41, 5.74) is 2.35. The Kier molecular flexibility index (Phi) is 3.59. The molecule has 3 nitrogen and oxygen atoms in total. The highest BCUT2D eigenvalue weighted by molar-refractivity contribution is 6.01. The highest BCUT2D eigenvalue weighted by atomic mass is 19.1. The fourth-order valence-corrected chi connectivity index (χ4v) is 2.43. The number of carbonyl (C=O) groups excluding carboxylic acids is 1. The summed E-state index contributed by atoms with van der Waals surface area (Å²) in [5.74, 6) is -0.723. The summed E-state index contributed by atoms with van der Waals surface area (Å²) in [7, 11) is 1.35. The lowest BCUT2D eigenvalue weighted by Gasteiger charge is -2.09. The fourth-order valence-electron chi connectivity index (χ4n) is 2.43. The molecule has 4 heteroatoms. The van der Waals surface area contributed by atoms with Gasteiger partial charge in [0.2, 0.25) is 0 Å². The molecule has 0 N–H and O–H groups in total. The number of aromatic nitrogens is 1. The maximum Gasteiger partial charge on any atom is 0.337 e. The molecule has 0 spiro atoms. The van der Waals surface area contributed by atoms with E-state index >= 15 is 0 Å². The zero-order chi connectivity index (χ0) is 15.7. The van der Waals surface area contributed by atoms with Crippen molar-refractivity contribution in [1.29, 1.82) is 0 Å². The van der Waals surface area contributed by atoms with E-state index in [1.54, 1.807) is 25.1 Å². The van der Waals surface area contributed by atoms with Gasteiger partial charge in [-0.2, -0.15) is 0 Å². The van der Waals surface area contributed by atoms with Gasteiger partial charge in [-0.15, -0.1) is 0 Å². The number of nitrogens with zero attached hydrogens (tertiary/aromatic N) is 1. The predicted molar refractivity (Wildman–Crippen MR) is 83.2 cm³/mol. The Hall–Kier alpha value is -2.75. The molecule has 1 heterocycles. The standard InChI is InChI=1S/C18H14FNO2/c1-11-16(19)8-9-17(20-11)14-5-3-4-12-6-7-13(10-15(12)14)18(21)22-2/h3-10H,1-2H3. The van der Waals surface area contributed by atoms with E-state index in [9.17, 15) is 9.18 Å². The summed E-state index contributed by atoms with van der Waals surface area (Å²) < 4.78 is 18.2. The first-order chi connectivity index (χ1) is 10.6. The number of fused-ring (bicyclic) bond motifs is 1. The van der Waals surface area contributed by atoms with Crippen LogP contribution in [0.3, 0.4) is 0 Å². The number of carbonyl (C=O) groups is 1. The van der Waals surface area contributed by atoms with Gasteiger partial charge in [-0.05, 0) is 42.0 Å². The molecule has 0 saturated heterocycles. The summed E-state index contributed by atoms with van der Waals surface area (Å²) in [6, 6.07) is 14.2. The molecule has 1 aromatic heterocycles. The molecule has 3 rings (SSSR count). The van der Waals surface area contributed by atoms with E-state index in [0.29, 0.717) is 17.0 Å². The molecule has 0 aliphatic rings. The van der Waals surface area contributed by atoms with Crippen molar-refractivity contribution in [2.75, 3.05) is 7.11 Å². The molecule has 0 amide bonds. The van der Waals surface area contributed by atoms with Crippen molar-refractivity contribution in [3.05, 3.63) is 65.6 Å². The van der Waals surface area contributed by atoms with Gasteiger partial charge >= 0.3 is 5.97 Å². The van der Waals surface area contributed by atoms with Crippen LogP contribution < -0.4 is 0 Å². The fraction of sp³-hybridized carbons (Fsp3) is 0.111. The van der Waals surface area contributed by atoms with Gasteiger partial charge in [-0.25, -0.2) is 9.18 Å². The van der Waals surface area contributed by atoms with Crippen LogP contribution in [0.25, 0.3) is 22.0 Å². The second kappa shape index (κ2) is 5.56. The number of pyridine rings is 1. The summed E-state index contributed by atoms with van der Waals surface area (Å²) in [5, 5.41) is 1.86. The van der Waals surface area contributed by atoms with Crippen molar-refractivity contribution in [2.45, 2.75) is 6.92 Å². The van der Waals surface area contributed by atoms with E-state index in [1.807, 2.05) is 24.3 Å². The minimum atomic E-state index is -0.389. The number of rotatable bonds is 2. The van der Waals surface area contributed by atoms with Gasteiger partial charge in [0, 0.05) is 5.56 Å². The van der Waals surface area contributed by atoms with Crippen molar-refractivity contribution < 1.29 is 13.9 Å². The van der Waals surface area contributed by atoms with E-state index in [-0.39, 0.29) is 11.8 Å². The summed E-state index contributed by atoms with van der Waals surface area (Å²) in [6.45, 7) is 1.63. The zero-order valence-corrected chi connectivity index (χ0v) is 12.3. The largest absolute Gasteiger partial charge is 0.465 e. The average Bonchev–Trinajstić information content (AvgIpc) is 2.55. The summed E-state index contributed by atoms with van der Waals surface area (Å²) >= 11 is 0. The third-order valence-corrected chi connectivity index (χ3v) is 3.60. The van der Waals surface area contributed by atoms with E-state index in [1.165, 1.54) is 13.2 Å². The highest BCUT2D eigenvalue weighted by Gasteiger charge is 2.11. The van der Waals surface area contributed by atoms with Gasteiger partial charge in [0.1, 0.15) is 5.82 Å². The first-order valence-corrected chi connectivity index (χ1v) is 6.85. The molecule has 3 aromatic rings. The second-order valence-corrected chi connectivity index (χ2v) is 5.00. The molecule has 22 heavy (non-hydrogen) atoms. The Bertz CT molecular complexity index is 874. The maximum absolute atomic E-state index is 13.4. The first kappa shape index (κ1) is 14.2. The normalized spacial score (nSPS) is 10.7. The van der Waals surface area contributed by atoms with Crippen molar-refractivity contribution in [3.63, 3.8) is 0 Å². The van der Waals surface area contributed by atoms with E-state index < -0.39 is 0 Å². The Morgan fingerprint density at radius 3 is 2.68 bits per heavy atom. The minimum absolute atomic E-state index is 0.334. The van der Waals surface area contributed by atoms with Gasteiger partial charge in [-0.1, -0.05) is 24.3 Å². The van der Waals surface area contributed by atoms with Crippen LogP contribution in [-0.4, -0.2) is 18.1 Å². The predicted octanol–water partition coefficient (Wildman–Crippen LogP) is 4.14. The van der Waals surface area contributed by atoms with Gasteiger partial charge < -0.3 is 4.74 Å². The number of methoxy groups -OCH3 is 1.